The second-order valence-corrected chi connectivity index (χ2v) is 6.25. The Balaban J connectivity index is 1.79. The molecule has 1 aliphatic rings. The Hall–Kier alpha value is -3.55. The summed E-state index contributed by atoms with van der Waals surface area (Å²) in [6.45, 7) is -0.0129. The van der Waals surface area contributed by atoms with E-state index in [-0.39, 0.29) is 13.2 Å². The van der Waals surface area contributed by atoms with Crippen LogP contribution in [0.4, 0.5) is 9.59 Å². The van der Waals surface area contributed by atoms with Crippen molar-refractivity contribution in [3.8, 4) is 0 Å². The highest BCUT2D eigenvalue weighted by Gasteiger charge is 2.41. The second-order valence-electron chi connectivity index (χ2n) is 6.25. The van der Waals surface area contributed by atoms with E-state index in [1.807, 2.05) is 30.3 Å². The Morgan fingerprint density at radius 1 is 1.07 bits per heavy atom. The fourth-order valence-corrected chi connectivity index (χ4v) is 3.23. The van der Waals surface area contributed by atoms with Gasteiger partial charge in [0.25, 0.3) is 0 Å². The molecule has 2 aromatic rings. The van der Waals surface area contributed by atoms with E-state index in [9.17, 15) is 19.5 Å². The summed E-state index contributed by atoms with van der Waals surface area (Å²) in [4.78, 5) is 37.1. The molecule has 0 saturated carbocycles. The third kappa shape index (κ3) is 4.06. The lowest BCUT2D eigenvalue weighted by atomic mass is 9.89. The van der Waals surface area contributed by atoms with Crippen LogP contribution in [-0.4, -0.2) is 41.8 Å². The average Bonchev–Trinajstić information content (AvgIpc) is 2.72. The third-order valence-electron chi connectivity index (χ3n) is 4.53. The van der Waals surface area contributed by atoms with E-state index >= 15 is 0 Å². The number of hydrogen-bond acceptors (Lipinski definition) is 5. The number of amides is 2. The maximum absolute atomic E-state index is 12.3. The smallest absolute Gasteiger partial charge is 0.408 e. The molecule has 0 spiro atoms. The molecular formula is C20H20N2O6. The summed E-state index contributed by atoms with van der Waals surface area (Å²) < 4.78 is 10.0. The minimum absolute atomic E-state index is 0.0917. The molecule has 2 atom stereocenters. The summed E-state index contributed by atoms with van der Waals surface area (Å²) >= 11 is 0. The van der Waals surface area contributed by atoms with Gasteiger partial charge in [-0.3, -0.25) is 4.90 Å². The van der Waals surface area contributed by atoms with Crippen LogP contribution in [0.25, 0.3) is 0 Å². The summed E-state index contributed by atoms with van der Waals surface area (Å²) in [5.41, 5.74) is 1.95. The number of ether oxygens (including phenoxy) is 2. The number of methoxy groups -OCH3 is 1. The molecule has 2 aromatic carbocycles. The van der Waals surface area contributed by atoms with Crippen molar-refractivity contribution in [2.24, 2.45) is 0 Å². The number of carboxylic acid groups (broad SMARTS) is 1. The lowest BCUT2D eigenvalue weighted by Gasteiger charge is -2.38. The van der Waals surface area contributed by atoms with Crippen LogP contribution >= 0.6 is 0 Å². The van der Waals surface area contributed by atoms with Crippen molar-refractivity contribution in [3.05, 3.63) is 71.3 Å². The third-order valence-corrected chi connectivity index (χ3v) is 4.53. The van der Waals surface area contributed by atoms with E-state index in [0.717, 1.165) is 10.5 Å². The first-order valence-corrected chi connectivity index (χ1v) is 8.64. The van der Waals surface area contributed by atoms with Crippen LogP contribution in [-0.2, 0) is 20.9 Å². The zero-order chi connectivity index (χ0) is 20.1. The van der Waals surface area contributed by atoms with Crippen LogP contribution in [0.15, 0.2) is 54.6 Å². The average molecular weight is 384 g/mol. The minimum atomic E-state index is -1.28. The number of esters is 1. The number of benzene rings is 2. The van der Waals surface area contributed by atoms with Crippen LogP contribution in [0, 0.1) is 0 Å². The predicted molar refractivity (Wildman–Crippen MR) is 98.4 cm³/mol. The van der Waals surface area contributed by atoms with Gasteiger partial charge < -0.3 is 19.9 Å². The molecule has 8 heteroatoms. The van der Waals surface area contributed by atoms with E-state index in [4.69, 9.17) is 9.47 Å². The molecule has 0 fully saturated rings. The Kier molecular flexibility index (Phi) is 5.78. The highest BCUT2D eigenvalue weighted by Crippen LogP contribution is 2.35. The molecule has 8 nitrogen and oxygen atoms in total. The zero-order valence-corrected chi connectivity index (χ0v) is 15.2. The van der Waals surface area contributed by atoms with E-state index in [0.29, 0.717) is 11.1 Å². The standard InChI is InChI=1S/C20H20N2O6/c1-27-18(23)17-15-10-6-5-9-14(15)16(11-22(17)20(25)26)21-19(24)28-12-13-7-3-2-4-8-13/h2-10,16-17H,11-12H2,1H3,(H,21,24)(H,25,26)/t16-,17-/m1/s1. The van der Waals surface area contributed by atoms with Gasteiger partial charge in [-0.05, 0) is 16.7 Å². The molecular weight excluding hydrogens is 364 g/mol. The van der Waals surface area contributed by atoms with Gasteiger partial charge in [0.2, 0.25) is 0 Å². The number of hydrogen-bond donors (Lipinski definition) is 2. The Morgan fingerprint density at radius 2 is 1.71 bits per heavy atom. The molecule has 1 aliphatic heterocycles. The molecule has 0 bridgehead atoms. The first-order chi connectivity index (χ1) is 13.5. The number of fused-ring (bicyclic) bond motifs is 1. The second kappa shape index (κ2) is 8.43. The summed E-state index contributed by atoms with van der Waals surface area (Å²) in [5.74, 6) is -0.681. The predicted octanol–water partition coefficient (Wildman–Crippen LogP) is 2.86. The van der Waals surface area contributed by atoms with Crippen molar-refractivity contribution in [1.82, 2.24) is 10.2 Å². The van der Waals surface area contributed by atoms with Gasteiger partial charge in [-0.1, -0.05) is 54.6 Å². The molecule has 2 N–H and O–H groups in total. The number of rotatable bonds is 4. The van der Waals surface area contributed by atoms with Crippen LogP contribution in [0.3, 0.4) is 0 Å². The largest absolute Gasteiger partial charge is 0.467 e. The molecule has 0 saturated heterocycles. The van der Waals surface area contributed by atoms with Gasteiger partial charge >= 0.3 is 18.2 Å². The summed E-state index contributed by atoms with van der Waals surface area (Å²) in [7, 11) is 1.20. The van der Waals surface area contributed by atoms with E-state index in [1.165, 1.54) is 7.11 Å². The quantitative estimate of drug-likeness (QED) is 0.786. The number of nitrogens with zero attached hydrogens (tertiary/aromatic N) is 1. The summed E-state index contributed by atoms with van der Waals surface area (Å²) in [6, 6.07) is 14.3. The van der Waals surface area contributed by atoms with Gasteiger partial charge in [0.15, 0.2) is 6.04 Å². The van der Waals surface area contributed by atoms with Gasteiger partial charge in [-0.2, -0.15) is 0 Å². The van der Waals surface area contributed by atoms with Gasteiger partial charge in [-0.25, -0.2) is 14.4 Å². The van der Waals surface area contributed by atoms with Crippen molar-refractivity contribution in [1.29, 1.82) is 0 Å². The summed E-state index contributed by atoms with van der Waals surface area (Å²) in [6.07, 6.45) is -1.96. The molecule has 0 aliphatic carbocycles. The SMILES string of the molecule is COC(=O)[C@H]1c2ccccc2[C@H](NC(=O)OCc2ccccc2)CN1C(=O)O. The van der Waals surface area contributed by atoms with E-state index in [2.05, 4.69) is 5.32 Å². The molecule has 0 unspecified atom stereocenters. The topological polar surface area (TPSA) is 105 Å². The van der Waals surface area contributed by atoms with Gasteiger partial charge in [0, 0.05) is 6.54 Å². The zero-order valence-electron chi connectivity index (χ0n) is 15.2. The van der Waals surface area contributed by atoms with Crippen LogP contribution in [0.5, 0.6) is 0 Å². The Bertz CT molecular complexity index is 870. The van der Waals surface area contributed by atoms with E-state index in [1.54, 1.807) is 24.3 Å². The van der Waals surface area contributed by atoms with Crippen molar-refractivity contribution in [2.75, 3.05) is 13.7 Å². The molecule has 28 heavy (non-hydrogen) atoms. The highest BCUT2D eigenvalue weighted by molar-refractivity contribution is 5.83. The molecule has 0 radical (unpaired) electrons. The van der Waals surface area contributed by atoms with Crippen molar-refractivity contribution in [3.63, 3.8) is 0 Å². The molecule has 0 aromatic heterocycles. The number of carbonyl (C=O) groups excluding carboxylic acids is 2. The van der Waals surface area contributed by atoms with Crippen LogP contribution in [0.1, 0.15) is 28.8 Å². The number of nitrogens with one attached hydrogen (secondary N) is 1. The Morgan fingerprint density at radius 3 is 2.36 bits per heavy atom. The molecule has 2 amide bonds. The molecule has 1 heterocycles. The van der Waals surface area contributed by atoms with Crippen LogP contribution < -0.4 is 5.32 Å². The normalized spacial score (nSPS) is 18.0. The lowest BCUT2D eigenvalue weighted by molar-refractivity contribution is -0.147. The van der Waals surface area contributed by atoms with Gasteiger partial charge in [-0.15, -0.1) is 0 Å². The maximum atomic E-state index is 12.3. The van der Waals surface area contributed by atoms with Gasteiger partial charge in [0.1, 0.15) is 6.61 Å². The van der Waals surface area contributed by atoms with Gasteiger partial charge in [0.05, 0.1) is 13.2 Å². The monoisotopic (exact) mass is 384 g/mol. The fraction of sp³-hybridized carbons (Fsp3) is 0.250. The number of alkyl carbamates (subject to hydrolysis) is 1. The van der Waals surface area contributed by atoms with Crippen molar-refractivity contribution < 1.29 is 29.0 Å². The van der Waals surface area contributed by atoms with E-state index < -0.39 is 30.2 Å². The van der Waals surface area contributed by atoms with Crippen LogP contribution in [0.2, 0.25) is 0 Å². The summed E-state index contributed by atoms with van der Waals surface area (Å²) in [5, 5.41) is 12.2. The first-order valence-electron chi connectivity index (χ1n) is 8.64. The maximum Gasteiger partial charge on any atom is 0.408 e. The number of carbonyl (C=O) groups is 3. The first kappa shape index (κ1) is 19.2. The lowest BCUT2D eigenvalue weighted by Crippen LogP contribution is -2.49. The molecule has 146 valence electrons. The fourth-order valence-electron chi connectivity index (χ4n) is 3.23. The van der Waals surface area contributed by atoms with Crippen molar-refractivity contribution in [2.45, 2.75) is 18.7 Å². The highest BCUT2D eigenvalue weighted by atomic mass is 16.5. The molecule has 3 rings (SSSR count). The van der Waals surface area contributed by atoms with Crippen molar-refractivity contribution >= 4 is 18.2 Å². The Labute approximate surface area is 161 Å². The minimum Gasteiger partial charge on any atom is -0.467 e.